The first-order chi connectivity index (χ1) is 19.6. The average molecular weight is 618 g/mol. The minimum Gasteiger partial charge on any atom is -0.492 e. The van der Waals surface area contributed by atoms with Crippen LogP contribution in [0.2, 0.25) is 15.1 Å². The zero-order chi connectivity index (χ0) is 29.3. The summed E-state index contributed by atoms with van der Waals surface area (Å²) in [5.41, 5.74) is 2.18. The highest BCUT2D eigenvalue weighted by atomic mass is 35.5. The molecule has 8 nitrogen and oxygen atoms in total. The third kappa shape index (κ3) is 6.73. The number of nitrogens with zero attached hydrogens (tertiary/aromatic N) is 5. The molecule has 2 aromatic carbocycles. The lowest BCUT2D eigenvalue weighted by atomic mass is 10.1. The Morgan fingerprint density at radius 3 is 2.24 bits per heavy atom. The molecule has 0 amide bonds. The van der Waals surface area contributed by atoms with Gasteiger partial charge in [-0.1, -0.05) is 60.8 Å². The topological polar surface area (TPSA) is 79.3 Å². The van der Waals surface area contributed by atoms with Crippen LogP contribution in [0.3, 0.4) is 0 Å². The summed E-state index contributed by atoms with van der Waals surface area (Å²) in [6.07, 6.45) is 0.426. The number of hydrogen-bond acceptors (Lipinski definition) is 6. The van der Waals surface area contributed by atoms with Crippen molar-refractivity contribution in [3.8, 4) is 11.4 Å². The van der Waals surface area contributed by atoms with E-state index < -0.39 is 0 Å². The van der Waals surface area contributed by atoms with Gasteiger partial charge in [-0.25, -0.2) is 9.67 Å². The van der Waals surface area contributed by atoms with Gasteiger partial charge in [0, 0.05) is 50.2 Å². The predicted molar refractivity (Wildman–Crippen MR) is 166 cm³/mol. The third-order valence-electron chi connectivity index (χ3n) is 7.46. The van der Waals surface area contributed by atoms with Crippen molar-refractivity contribution in [2.75, 3.05) is 39.3 Å². The summed E-state index contributed by atoms with van der Waals surface area (Å²) in [4.78, 5) is 26.0. The molecule has 0 unspecified atom stereocenters. The van der Waals surface area contributed by atoms with E-state index in [-0.39, 0.29) is 11.5 Å². The molecule has 3 heterocycles. The number of benzene rings is 2. The first-order valence-corrected chi connectivity index (χ1v) is 15.1. The van der Waals surface area contributed by atoms with E-state index in [4.69, 9.17) is 49.6 Å². The number of halogens is 3. The van der Waals surface area contributed by atoms with Crippen LogP contribution < -0.4 is 10.3 Å². The van der Waals surface area contributed by atoms with Crippen molar-refractivity contribution in [3.63, 3.8) is 0 Å². The maximum absolute atomic E-state index is 13.3. The first-order valence-electron chi connectivity index (χ1n) is 14.0. The Morgan fingerprint density at radius 1 is 0.976 bits per heavy atom. The van der Waals surface area contributed by atoms with Crippen molar-refractivity contribution in [1.82, 2.24) is 29.5 Å². The van der Waals surface area contributed by atoms with Crippen LogP contribution in [0.25, 0.3) is 16.7 Å². The van der Waals surface area contributed by atoms with Crippen molar-refractivity contribution < 1.29 is 4.74 Å². The summed E-state index contributed by atoms with van der Waals surface area (Å²) in [5, 5.41) is 6.17. The van der Waals surface area contributed by atoms with Crippen molar-refractivity contribution in [2.24, 2.45) is 0 Å². The summed E-state index contributed by atoms with van der Waals surface area (Å²) >= 11 is 19.2. The van der Waals surface area contributed by atoms with Gasteiger partial charge in [-0.15, -0.1) is 0 Å². The minimum absolute atomic E-state index is 0.0189. The fourth-order valence-corrected chi connectivity index (χ4v) is 6.15. The molecule has 1 saturated heterocycles. The average Bonchev–Trinajstić information content (AvgIpc) is 3.29. The van der Waals surface area contributed by atoms with Gasteiger partial charge in [0.15, 0.2) is 5.65 Å². The largest absolute Gasteiger partial charge is 0.492 e. The van der Waals surface area contributed by atoms with Gasteiger partial charge in [0.05, 0.1) is 15.7 Å². The van der Waals surface area contributed by atoms with Crippen LogP contribution in [0.5, 0.6) is 5.75 Å². The van der Waals surface area contributed by atoms with Crippen molar-refractivity contribution in [3.05, 3.63) is 78.9 Å². The van der Waals surface area contributed by atoms with Crippen LogP contribution in [0.1, 0.15) is 50.7 Å². The van der Waals surface area contributed by atoms with E-state index in [0.29, 0.717) is 62.4 Å². The van der Waals surface area contributed by atoms with Gasteiger partial charge in [0.1, 0.15) is 29.3 Å². The Bertz CT molecular complexity index is 1550. The number of nitrogens with one attached hydrogen (secondary N) is 1. The van der Waals surface area contributed by atoms with Gasteiger partial charge in [0.2, 0.25) is 0 Å². The number of H-pyrrole nitrogens is 1. The second-order valence-corrected chi connectivity index (χ2v) is 12.3. The molecule has 1 aliphatic heterocycles. The van der Waals surface area contributed by atoms with Gasteiger partial charge >= 0.3 is 0 Å². The summed E-state index contributed by atoms with van der Waals surface area (Å²) < 4.78 is 7.56. The molecule has 2 aromatic heterocycles. The van der Waals surface area contributed by atoms with E-state index in [9.17, 15) is 4.79 Å². The highest BCUT2D eigenvalue weighted by Gasteiger charge is 2.23. The molecule has 1 fully saturated rings. The minimum atomic E-state index is -0.254. The smallest absolute Gasteiger partial charge is 0.262 e. The molecule has 4 aromatic rings. The molecular formula is C30H35Cl3N6O2. The number of piperazine rings is 1. The molecule has 218 valence electrons. The van der Waals surface area contributed by atoms with Crippen LogP contribution in [0.15, 0.2) is 41.2 Å². The van der Waals surface area contributed by atoms with Crippen molar-refractivity contribution in [1.29, 1.82) is 0 Å². The zero-order valence-electron chi connectivity index (χ0n) is 23.8. The Hall–Kier alpha value is -2.62. The molecule has 5 rings (SSSR count). The van der Waals surface area contributed by atoms with Gasteiger partial charge in [-0.05, 0) is 49.6 Å². The number of aromatic nitrogens is 4. The maximum atomic E-state index is 13.3. The zero-order valence-corrected chi connectivity index (χ0v) is 26.0. The summed E-state index contributed by atoms with van der Waals surface area (Å²) in [5.74, 6) is 1.31. The number of hydrogen-bond donors (Lipinski definition) is 1. The molecular weight excluding hydrogens is 583 g/mol. The van der Waals surface area contributed by atoms with Gasteiger partial charge < -0.3 is 9.72 Å². The van der Waals surface area contributed by atoms with Gasteiger partial charge in [-0.2, -0.15) is 5.10 Å². The second-order valence-electron chi connectivity index (χ2n) is 11.0. The lowest BCUT2D eigenvalue weighted by Crippen LogP contribution is -2.49. The highest BCUT2D eigenvalue weighted by molar-refractivity contribution is 6.40. The van der Waals surface area contributed by atoms with E-state index in [1.807, 2.05) is 38.1 Å². The Balaban J connectivity index is 1.31. The second kappa shape index (κ2) is 12.7. The number of rotatable bonds is 9. The lowest BCUT2D eigenvalue weighted by molar-refractivity contribution is 0.0971. The monoisotopic (exact) mass is 616 g/mol. The maximum Gasteiger partial charge on any atom is 0.262 e. The molecule has 0 aliphatic carbocycles. The number of fused-ring (bicyclic) bond motifs is 1. The lowest BCUT2D eigenvalue weighted by Gasteiger charge is -2.36. The number of aromatic amines is 1. The molecule has 1 N–H and O–H groups in total. The molecule has 0 atom stereocenters. The Labute approximate surface area is 255 Å². The molecule has 1 aliphatic rings. The SMILES string of the molecule is CC(C)c1nn(-c2c(Cl)cc(Cl)cc2Cl)c2nc(Cc3ccc(OCCN4CCN(C(C)C)CC4)cc3)[nH]c(=O)c12. The molecule has 11 heteroatoms. The van der Waals surface area contributed by atoms with Crippen molar-refractivity contribution >= 4 is 45.8 Å². The van der Waals surface area contributed by atoms with Crippen LogP contribution in [0, 0.1) is 0 Å². The fourth-order valence-electron chi connectivity index (χ4n) is 5.17. The summed E-state index contributed by atoms with van der Waals surface area (Å²) in [6, 6.07) is 11.7. The fraction of sp³-hybridized carbons (Fsp3) is 0.433. The Kier molecular flexibility index (Phi) is 9.26. The van der Waals surface area contributed by atoms with Crippen molar-refractivity contribution in [2.45, 2.75) is 46.1 Å². The van der Waals surface area contributed by atoms with Crippen LogP contribution in [0.4, 0.5) is 0 Å². The first kappa shape index (κ1) is 29.9. The van der Waals surface area contributed by atoms with Crippen LogP contribution >= 0.6 is 34.8 Å². The van der Waals surface area contributed by atoms with E-state index in [1.54, 1.807) is 16.8 Å². The standard InChI is InChI=1S/C30H35Cl3N6O2/c1-18(2)27-26-29(39(36-27)28-23(32)16-21(31)17-24(28)33)34-25(35-30(26)40)15-20-5-7-22(8-6-20)41-14-13-37-9-11-38(12-10-37)19(3)4/h5-8,16-19H,9-15H2,1-4H3,(H,34,35,40). The van der Waals surface area contributed by atoms with E-state index in [2.05, 4.69) is 28.6 Å². The van der Waals surface area contributed by atoms with Gasteiger partial charge in [-0.3, -0.25) is 14.6 Å². The van der Waals surface area contributed by atoms with Gasteiger partial charge in [0.25, 0.3) is 5.56 Å². The summed E-state index contributed by atoms with van der Waals surface area (Å²) in [7, 11) is 0. The molecule has 0 spiro atoms. The Morgan fingerprint density at radius 2 is 1.63 bits per heavy atom. The predicted octanol–water partition coefficient (Wildman–Crippen LogP) is 6.19. The summed E-state index contributed by atoms with van der Waals surface area (Å²) in [6.45, 7) is 14.4. The molecule has 0 bridgehead atoms. The molecule has 0 radical (unpaired) electrons. The van der Waals surface area contributed by atoms with E-state index in [1.165, 1.54) is 0 Å². The quantitative estimate of drug-likeness (QED) is 0.241. The van der Waals surface area contributed by atoms with E-state index in [0.717, 1.165) is 44.0 Å². The third-order valence-corrected chi connectivity index (χ3v) is 8.26. The van der Waals surface area contributed by atoms with E-state index >= 15 is 0 Å². The molecule has 41 heavy (non-hydrogen) atoms. The molecule has 0 saturated carbocycles. The normalized spacial score (nSPS) is 15.0. The number of ether oxygens (including phenoxy) is 1. The van der Waals surface area contributed by atoms with Crippen LogP contribution in [-0.4, -0.2) is 74.9 Å². The van der Waals surface area contributed by atoms with Crippen LogP contribution in [-0.2, 0) is 6.42 Å². The highest BCUT2D eigenvalue weighted by Crippen LogP contribution is 2.34.